The lowest BCUT2D eigenvalue weighted by molar-refractivity contribution is -0.893. The molecule has 0 radical (unpaired) electrons. The van der Waals surface area contributed by atoms with Gasteiger partial charge < -0.3 is 14.3 Å². The van der Waals surface area contributed by atoms with Gasteiger partial charge in [0.1, 0.15) is 19.3 Å². The van der Waals surface area contributed by atoms with Crippen molar-refractivity contribution in [2.75, 3.05) is 33.8 Å². The molecule has 0 aromatic carbocycles. The summed E-state index contributed by atoms with van der Waals surface area (Å²) >= 11 is 0. The number of carboxylic acid groups (broad SMARTS) is 1. The molecule has 0 aliphatic heterocycles. The van der Waals surface area contributed by atoms with Crippen LogP contribution in [0.5, 0.6) is 0 Å². The monoisotopic (exact) mass is 330 g/mol. The highest BCUT2D eigenvalue weighted by molar-refractivity contribution is 5.68. The second kappa shape index (κ2) is 13.8. The number of likely N-dealkylation sites (N-methyl/N-ethyl adjacent to an activating group) is 1. The minimum absolute atomic E-state index is 0.00998. The summed E-state index contributed by atoms with van der Waals surface area (Å²) in [5, 5.41) is 8.64. The van der Waals surface area contributed by atoms with Crippen molar-refractivity contribution in [3.05, 3.63) is 0 Å². The van der Waals surface area contributed by atoms with E-state index in [1.54, 1.807) is 0 Å². The van der Waals surface area contributed by atoms with E-state index in [2.05, 4.69) is 21.0 Å². The maximum Gasteiger partial charge on any atom is 0.329 e. The van der Waals surface area contributed by atoms with E-state index < -0.39 is 5.97 Å². The van der Waals surface area contributed by atoms with Gasteiger partial charge in [-0.3, -0.25) is 0 Å². The lowest BCUT2D eigenvalue weighted by atomic mass is 10.1. The Hall–Kier alpha value is -0.610. The van der Waals surface area contributed by atoms with Gasteiger partial charge in [0.25, 0.3) is 0 Å². The van der Waals surface area contributed by atoms with Crippen LogP contribution in [0.2, 0.25) is 0 Å². The van der Waals surface area contributed by atoms with Crippen molar-refractivity contribution in [3.8, 4) is 0 Å². The Morgan fingerprint density at radius 2 is 1.43 bits per heavy atom. The molecule has 0 saturated heterocycles. The van der Waals surface area contributed by atoms with E-state index >= 15 is 0 Å². The van der Waals surface area contributed by atoms with Gasteiger partial charge in [0, 0.05) is 0 Å². The van der Waals surface area contributed by atoms with Gasteiger partial charge in [0.05, 0.1) is 20.6 Å². The second-order valence-electron chi connectivity index (χ2n) is 7.54. The molecular weight excluding hydrogens is 290 g/mol. The van der Waals surface area contributed by atoms with Gasteiger partial charge in [-0.05, 0) is 19.8 Å². The Kier molecular flexibility index (Phi) is 13.4. The predicted molar refractivity (Wildman–Crippen MR) is 96.7 cm³/mol. The van der Waals surface area contributed by atoms with Crippen LogP contribution >= 0.6 is 0 Å². The molecular formula is C19H40NO3+. The minimum Gasteiger partial charge on any atom is -0.480 e. The summed E-state index contributed by atoms with van der Waals surface area (Å²) in [6, 6.07) is 0. The van der Waals surface area contributed by atoms with Gasteiger partial charge in [-0.1, -0.05) is 58.3 Å². The average Bonchev–Trinajstić information content (AvgIpc) is 2.46. The zero-order valence-corrected chi connectivity index (χ0v) is 16.0. The third kappa shape index (κ3) is 16.0. The topological polar surface area (TPSA) is 46.5 Å². The molecule has 4 nitrogen and oxygen atoms in total. The number of rotatable bonds is 16. The van der Waals surface area contributed by atoms with Crippen LogP contribution in [0.25, 0.3) is 0 Å². The zero-order valence-electron chi connectivity index (χ0n) is 16.0. The van der Waals surface area contributed by atoms with Gasteiger partial charge >= 0.3 is 5.97 Å². The molecule has 0 heterocycles. The number of carboxylic acids is 1. The van der Waals surface area contributed by atoms with Gasteiger partial charge in [-0.25, -0.2) is 4.79 Å². The van der Waals surface area contributed by atoms with Crippen molar-refractivity contribution in [1.82, 2.24) is 0 Å². The number of hydrogen-bond donors (Lipinski definition) is 1. The molecule has 4 heteroatoms. The Balaban J connectivity index is 3.52. The van der Waals surface area contributed by atoms with Crippen LogP contribution < -0.4 is 0 Å². The number of hydrogen-bond acceptors (Lipinski definition) is 2. The van der Waals surface area contributed by atoms with E-state index in [0.717, 1.165) is 17.6 Å². The molecule has 138 valence electrons. The van der Waals surface area contributed by atoms with Gasteiger partial charge in [-0.15, -0.1) is 0 Å². The molecule has 0 amide bonds. The van der Waals surface area contributed by atoms with E-state index in [9.17, 15) is 4.79 Å². The smallest absolute Gasteiger partial charge is 0.329 e. The van der Waals surface area contributed by atoms with Crippen molar-refractivity contribution in [1.29, 1.82) is 0 Å². The highest BCUT2D eigenvalue weighted by Gasteiger charge is 2.19. The van der Waals surface area contributed by atoms with E-state index in [0.29, 0.717) is 0 Å². The van der Waals surface area contributed by atoms with Gasteiger partial charge in [-0.2, -0.15) is 0 Å². The maximum atomic E-state index is 10.5. The summed E-state index contributed by atoms with van der Waals surface area (Å²) in [6.07, 6.45) is 13.6. The van der Waals surface area contributed by atoms with Gasteiger partial charge in [0.2, 0.25) is 0 Å². The fourth-order valence-electron chi connectivity index (χ4n) is 3.08. The SMILES string of the molecule is CCCCCCCCCCCC[N+](C)(C)CC(C)OCC(=O)O. The molecule has 0 rings (SSSR count). The molecule has 0 aromatic heterocycles. The Bertz CT molecular complexity index is 292. The third-order valence-electron chi connectivity index (χ3n) is 4.36. The Morgan fingerprint density at radius 3 is 1.91 bits per heavy atom. The Morgan fingerprint density at radius 1 is 0.957 bits per heavy atom. The number of carbonyl (C=O) groups is 1. The third-order valence-corrected chi connectivity index (χ3v) is 4.36. The summed E-state index contributed by atoms with van der Waals surface area (Å²) in [5.41, 5.74) is 0. The minimum atomic E-state index is -0.892. The first-order valence-electron chi connectivity index (χ1n) is 9.53. The van der Waals surface area contributed by atoms with Crippen LogP contribution in [-0.2, 0) is 9.53 Å². The van der Waals surface area contributed by atoms with Crippen molar-refractivity contribution >= 4 is 5.97 Å². The van der Waals surface area contributed by atoms with E-state index in [1.807, 2.05) is 6.92 Å². The highest BCUT2D eigenvalue weighted by atomic mass is 16.5. The number of ether oxygens (including phenoxy) is 1. The number of aliphatic carboxylic acids is 1. The summed E-state index contributed by atoms with van der Waals surface area (Å²) < 4.78 is 6.22. The van der Waals surface area contributed by atoms with Crippen molar-refractivity contribution in [2.24, 2.45) is 0 Å². The lowest BCUT2D eigenvalue weighted by Crippen LogP contribution is -2.46. The van der Waals surface area contributed by atoms with Crippen LogP contribution in [0, 0.1) is 0 Å². The van der Waals surface area contributed by atoms with E-state index in [1.165, 1.54) is 64.2 Å². The first kappa shape index (κ1) is 22.4. The fraction of sp³-hybridized carbons (Fsp3) is 0.947. The molecule has 1 N–H and O–H groups in total. The average molecular weight is 331 g/mol. The van der Waals surface area contributed by atoms with Crippen LogP contribution in [0.1, 0.15) is 78.1 Å². The molecule has 0 aliphatic carbocycles. The number of nitrogens with zero attached hydrogens (tertiary/aromatic N) is 1. The normalized spacial score (nSPS) is 13.2. The highest BCUT2D eigenvalue weighted by Crippen LogP contribution is 2.12. The maximum absolute atomic E-state index is 10.5. The molecule has 0 bridgehead atoms. The first-order valence-corrected chi connectivity index (χ1v) is 9.53. The molecule has 0 fully saturated rings. The molecule has 1 unspecified atom stereocenters. The summed E-state index contributed by atoms with van der Waals surface area (Å²) in [6.45, 7) is 6.03. The molecule has 0 aromatic rings. The lowest BCUT2D eigenvalue weighted by Gasteiger charge is -2.32. The Labute approximate surface area is 143 Å². The number of quaternary nitrogens is 1. The van der Waals surface area contributed by atoms with Crippen LogP contribution in [0.15, 0.2) is 0 Å². The largest absolute Gasteiger partial charge is 0.480 e. The van der Waals surface area contributed by atoms with Crippen LogP contribution in [0.4, 0.5) is 0 Å². The second-order valence-corrected chi connectivity index (χ2v) is 7.54. The van der Waals surface area contributed by atoms with Crippen molar-refractivity contribution in [3.63, 3.8) is 0 Å². The quantitative estimate of drug-likeness (QED) is 0.335. The zero-order chi connectivity index (χ0) is 17.6. The van der Waals surface area contributed by atoms with Crippen molar-refractivity contribution < 1.29 is 19.1 Å². The predicted octanol–water partition coefficient (Wildman–Crippen LogP) is 4.47. The number of unbranched alkanes of at least 4 members (excludes halogenated alkanes) is 9. The van der Waals surface area contributed by atoms with Crippen LogP contribution in [0.3, 0.4) is 0 Å². The molecule has 0 aliphatic rings. The van der Waals surface area contributed by atoms with Crippen molar-refractivity contribution in [2.45, 2.75) is 84.2 Å². The summed E-state index contributed by atoms with van der Waals surface area (Å²) in [7, 11) is 4.41. The van der Waals surface area contributed by atoms with Crippen LogP contribution in [-0.4, -0.2) is 55.5 Å². The molecule has 0 spiro atoms. The molecule has 0 saturated carbocycles. The molecule has 1 atom stereocenters. The summed E-state index contributed by atoms with van der Waals surface area (Å²) in [4.78, 5) is 10.5. The fourth-order valence-corrected chi connectivity index (χ4v) is 3.08. The summed E-state index contributed by atoms with van der Waals surface area (Å²) in [5.74, 6) is -0.892. The van der Waals surface area contributed by atoms with Gasteiger partial charge in [0.15, 0.2) is 0 Å². The molecule has 23 heavy (non-hydrogen) atoms. The van der Waals surface area contributed by atoms with E-state index in [4.69, 9.17) is 9.84 Å². The van der Waals surface area contributed by atoms with E-state index in [-0.39, 0.29) is 12.7 Å². The first-order chi connectivity index (χ1) is 10.9. The standard InChI is InChI=1S/C19H39NO3/c1-5-6-7-8-9-10-11-12-13-14-15-20(3,4)16-18(2)23-17-19(21)22/h18H,5-17H2,1-4H3/p+1.